The topological polar surface area (TPSA) is 22.0 Å². The molecular formula is C14H13NO. The van der Waals surface area contributed by atoms with Crippen molar-refractivity contribution in [3.63, 3.8) is 0 Å². The number of carbonyl (C=O) groups is 1. The van der Waals surface area contributed by atoms with Gasteiger partial charge in [0.2, 0.25) is 0 Å². The Labute approximate surface area is 94.9 Å². The molecule has 0 fully saturated rings. The van der Waals surface area contributed by atoms with Gasteiger partial charge in [-0.25, -0.2) is 0 Å². The molecule has 0 spiro atoms. The van der Waals surface area contributed by atoms with Crippen LogP contribution in [0, 0.1) is 12.3 Å². The molecule has 16 heavy (non-hydrogen) atoms. The third kappa shape index (κ3) is 1.85. The van der Waals surface area contributed by atoms with E-state index in [2.05, 4.69) is 10.5 Å². The summed E-state index contributed by atoms with van der Waals surface area (Å²) in [5, 5.41) is 1.01. The van der Waals surface area contributed by atoms with Crippen LogP contribution in [0.4, 0.5) is 0 Å². The summed E-state index contributed by atoms with van der Waals surface area (Å²) in [5.74, 6) is 2.62. The van der Waals surface area contributed by atoms with Crippen LogP contribution in [-0.2, 0) is 6.54 Å². The molecule has 0 amide bonds. The molecule has 2 aromatic rings. The highest BCUT2D eigenvalue weighted by atomic mass is 16.1. The predicted octanol–water partition coefficient (Wildman–Crippen LogP) is 2.87. The van der Waals surface area contributed by atoms with E-state index in [1.807, 2.05) is 30.5 Å². The molecule has 0 atom stereocenters. The van der Waals surface area contributed by atoms with Crippen LogP contribution in [0.1, 0.15) is 23.2 Å². The lowest BCUT2D eigenvalue weighted by atomic mass is 10.2. The molecule has 0 aliphatic heterocycles. The molecule has 2 heteroatoms. The summed E-state index contributed by atoms with van der Waals surface area (Å²) in [5.41, 5.74) is 1.85. The highest BCUT2D eigenvalue weighted by Gasteiger charge is 2.06. The minimum Gasteiger partial charge on any atom is -0.347 e. The van der Waals surface area contributed by atoms with E-state index in [1.165, 1.54) is 0 Å². The second-order valence-electron chi connectivity index (χ2n) is 3.72. The third-order valence-electron chi connectivity index (χ3n) is 2.67. The van der Waals surface area contributed by atoms with E-state index in [1.54, 1.807) is 0 Å². The van der Waals surface area contributed by atoms with Gasteiger partial charge in [-0.05, 0) is 12.5 Å². The number of nitrogens with zero attached hydrogens (tertiary/aromatic N) is 1. The molecule has 0 N–H and O–H groups in total. The van der Waals surface area contributed by atoms with Crippen molar-refractivity contribution in [2.75, 3.05) is 0 Å². The number of aldehydes is 1. The van der Waals surface area contributed by atoms with Crippen molar-refractivity contribution in [2.45, 2.75) is 19.4 Å². The van der Waals surface area contributed by atoms with Crippen molar-refractivity contribution in [3.8, 4) is 12.3 Å². The van der Waals surface area contributed by atoms with Gasteiger partial charge in [0, 0.05) is 35.6 Å². The van der Waals surface area contributed by atoms with Gasteiger partial charge < -0.3 is 4.57 Å². The molecule has 2 nitrogen and oxygen atoms in total. The number of para-hydroxylation sites is 1. The zero-order valence-electron chi connectivity index (χ0n) is 9.02. The van der Waals surface area contributed by atoms with E-state index in [0.29, 0.717) is 0 Å². The average molecular weight is 211 g/mol. The minimum absolute atomic E-state index is 0.747. The van der Waals surface area contributed by atoms with Crippen molar-refractivity contribution in [2.24, 2.45) is 0 Å². The first-order valence-electron chi connectivity index (χ1n) is 5.33. The summed E-state index contributed by atoms with van der Waals surface area (Å²) in [6.45, 7) is 0.860. The van der Waals surface area contributed by atoms with E-state index in [-0.39, 0.29) is 0 Å². The molecular weight excluding hydrogens is 198 g/mol. The third-order valence-corrected chi connectivity index (χ3v) is 2.67. The fourth-order valence-corrected chi connectivity index (χ4v) is 1.91. The standard InChI is InChI=1S/C14H13NO/c1-2-3-6-9-15-10-12(11-16)13-7-4-5-8-14(13)15/h1,4-5,7-8,10-11H,3,6,9H2. The quantitative estimate of drug-likeness (QED) is 0.433. The molecule has 1 aromatic heterocycles. The minimum atomic E-state index is 0.747. The second kappa shape index (κ2) is 4.67. The Morgan fingerprint density at radius 3 is 2.94 bits per heavy atom. The summed E-state index contributed by atoms with van der Waals surface area (Å²) in [4.78, 5) is 10.9. The zero-order valence-corrected chi connectivity index (χ0v) is 9.02. The number of aryl methyl sites for hydroxylation is 1. The molecule has 0 aliphatic rings. The number of benzene rings is 1. The zero-order chi connectivity index (χ0) is 11.4. The van der Waals surface area contributed by atoms with Gasteiger partial charge in [-0.1, -0.05) is 18.2 Å². The normalized spacial score (nSPS) is 10.2. The van der Waals surface area contributed by atoms with Crippen LogP contribution in [0.25, 0.3) is 10.9 Å². The lowest BCUT2D eigenvalue weighted by Gasteiger charge is -2.02. The first-order chi connectivity index (χ1) is 7.86. The monoisotopic (exact) mass is 211 g/mol. The maximum atomic E-state index is 10.9. The van der Waals surface area contributed by atoms with Crippen LogP contribution in [0.3, 0.4) is 0 Å². The number of hydrogen-bond donors (Lipinski definition) is 0. The second-order valence-corrected chi connectivity index (χ2v) is 3.72. The van der Waals surface area contributed by atoms with E-state index in [0.717, 1.165) is 42.1 Å². The van der Waals surface area contributed by atoms with E-state index >= 15 is 0 Å². The average Bonchev–Trinajstić information content (AvgIpc) is 2.68. The molecule has 0 aliphatic carbocycles. The van der Waals surface area contributed by atoms with Crippen LogP contribution < -0.4 is 0 Å². The van der Waals surface area contributed by atoms with E-state index in [4.69, 9.17) is 6.42 Å². The van der Waals surface area contributed by atoms with Crippen LogP contribution in [0.5, 0.6) is 0 Å². The Balaban J connectivity index is 2.38. The van der Waals surface area contributed by atoms with Crippen molar-refractivity contribution >= 4 is 17.2 Å². The van der Waals surface area contributed by atoms with Gasteiger partial charge in [0.05, 0.1) is 0 Å². The number of aromatic nitrogens is 1. The smallest absolute Gasteiger partial charge is 0.152 e. The molecule has 0 bridgehead atoms. The SMILES string of the molecule is C#CCCCn1cc(C=O)c2ccccc21. The summed E-state index contributed by atoms with van der Waals surface area (Å²) < 4.78 is 2.09. The Bertz CT molecular complexity index is 545. The molecule has 0 radical (unpaired) electrons. The highest BCUT2D eigenvalue weighted by molar-refractivity contribution is 5.97. The maximum Gasteiger partial charge on any atom is 0.152 e. The Morgan fingerprint density at radius 2 is 2.19 bits per heavy atom. The van der Waals surface area contributed by atoms with Crippen LogP contribution in [0.15, 0.2) is 30.5 Å². The number of fused-ring (bicyclic) bond motifs is 1. The lowest BCUT2D eigenvalue weighted by molar-refractivity contribution is 0.112. The number of hydrogen-bond acceptors (Lipinski definition) is 1. The van der Waals surface area contributed by atoms with Gasteiger partial charge in [0.1, 0.15) is 0 Å². The summed E-state index contributed by atoms with van der Waals surface area (Å²) in [6, 6.07) is 7.92. The summed E-state index contributed by atoms with van der Waals surface area (Å²) >= 11 is 0. The van der Waals surface area contributed by atoms with Gasteiger partial charge in [0.25, 0.3) is 0 Å². The molecule has 0 saturated carbocycles. The van der Waals surface area contributed by atoms with E-state index < -0.39 is 0 Å². The number of terminal acetylenes is 1. The van der Waals surface area contributed by atoms with Crippen LogP contribution >= 0.6 is 0 Å². The first-order valence-corrected chi connectivity index (χ1v) is 5.33. The van der Waals surface area contributed by atoms with Gasteiger partial charge in [0.15, 0.2) is 6.29 Å². The fourth-order valence-electron chi connectivity index (χ4n) is 1.91. The van der Waals surface area contributed by atoms with Crippen molar-refractivity contribution in [1.29, 1.82) is 0 Å². The highest BCUT2D eigenvalue weighted by Crippen LogP contribution is 2.20. The maximum absolute atomic E-state index is 10.9. The Hall–Kier alpha value is -2.01. The summed E-state index contributed by atoms with van der Waals surface area (Å²) in [6.07, 6.45) is 9.73. The molecule has 0 saturated heterocycles. The largest absolute Gasteiger partial charge is 0.347 e. The summed E-state index contributed by atoms with van der Waals surface area (Å²) in [7, 11) is 0. The lowest BCUT2D eigenvalue weighted by Crippen LogP contribution is -1.95. The van der Waals surface area contributed by atoms with Crippen LogP contribution in [0.2, 0.25) is 0 Å². The van der Waals surface area contributed by atoms with Crippen LogP contribution in [-0.4, -0.2) is 10.9 Å². The number of carbonyl (C=O) groups excluding carboxylic acids is 1. The number of rotatable bonds is 4. The first kappa shape index (κ1) is 10.5. The number of unbranched alkanes of at least 4 members (excludes halogenated alkanes) is 1. The molecule has 1 heterocycles. The van der Waals surface area contributed by atoms with Gasteiger partial charge >= 0.3 is 0 Å². The van der Waals surface area contributed by atoms with E-state index in [9.17, 15) is 4.79 Å². The van der Waals surface area contributed by atoms with Crippen molar-refractivity contribution in [1.82, 2.24) is 4.57 Å². The Kier molecular flexibility index (Phi) is 3.07. The van der Waals surface area contributed by atoms with Gasteiger partial charge in [-0.2, -0.15) is 0 Å². The predicted molar refractivity (Wildman–Crippen MR) is 65.4 cm³/mol. The fraction of sp³-hybridized carbons (Fsp3) is 0.214. The Morgan fingerprint density at radius 1 is 1.38 bits per heavy atom. The van der Waals surface area contributed by atoms with Crippen molar-refractivity contribution in [3.05, 3.63) is 36.0 Å². The molecule has 2 rings (SSSR count). The van der Waals surface area contributed by atoms with Crippen molar-refractivity contribution < 1.29 is 4.79 Å². The van der Waals surface area contributed by atoms with Gasteiger partial charge in [-0.15, -0.1) is 12.3 Å². The van der Waals surface area contributed by atoms with Gasteiger partial charge in [-0.3, -0.25) is 4.79 Å². The molecule has 0 unspecified atom stereocenters. The molecule has 1 aromatic carbocycles. The molecule has 80 valence electrons.